The first kappa shape index (κ1) is 14.8. The summed E-state index contributed by atoms with van der Waals surface area (Å²) in [6, 6.07) is 6.64. The molecule has 2 amide bonds. The van der Waals surface area contributed by atoms with Gasteiger partial charge in [-0.1, -0.05) is 18.2 Å². The number of hydrogen-bond acceptors (Lipinski definition) is 3. The minimum atomic E-state index is -0.549. The Morgan fingerprint density at radius 1 is 1.33 bits per heavy atom. The van der Waals surface area contributed by atoms with Gasteiger partial charge in [-0.2, -0.15) is 0 Å². The lowest BCUT2D eigenvalue weighted by molar-refractivity contribution is -0.124. The molecule has 1 heterocycles. The van der Waals surface area contributed by atoms with Crippen molar-refractivity contribution in [3.63, 3.8) is 0 Å². The van der Waals surface area contributed by atoms with E-state index in [1.807, 2.05) is 12.1 Å². The predicted octanol–water partition coefficient (Wildman–Crippen LogP) is 1.28. The van der Waals surface area contributed by atoms with Crippen molar-refractivity contribution in [1.82, 2.24) is 20.2 Å². The van der Waals surface area contributed by atoms with Crippen molar-refractivity contribution in [2.75, 3.05) is 14.1 Å². The van der Waals surface area contributed by atoms with Crippen molar-refractivity contribution in [2.24, 2.45) is 0 Å². The highest BCUT2D eigenvalue weighted by atomic mass is 16.2. The molecule has 1 aromatic heterocycles. The Morgan fingerprint density at radius 2 is 2.05 bits per heavy atom. The number of nitrogens with zero attached hydrogens (tertiary/aromatic N) is 2. The third-order valence-corrected chi connectivity index (χ3v) is 3.44. The van der Waals surface area contributed by atoms with Gasteiger partial charge >= 0.3 is 0 Å². The minimum absolute atomic E-state index is 0.207. The van der Waals surface area contributed by atoms with E-state index < -0.39 is 6.04 Å². The number of carbonyl (C=O) groups excluding carboxylic acids is 2. The average molecular weight is 286 g/mol. The second-order valence-corrected chi connectivity index (χ2v) is 4.69. The van der Waals surface area contributed by atoms with Crippen LogP contribution >= 0.6 is 0 Å². The van der Waals surface area contributed by atoms with Gasteiger partial charge in [0.25, 0.3) is 5.91 Å². The Bertz CT molecular complexity index is 637. The lowest BCUT2D eigenvalue weighted by Crippen LogP contribution is -2.45. The molecule has 2 N–H and O–H groups in total. The summed E-state index contributed by atoms with van der Waals surface area (Å²) in [5, 5.41) is 2.54. The van der Waals surface area contributed by atoms with E-state index in [9.17, 15) is 9.59 Å². The molecule has 0 fully saturated rings. The van der Waals surface area contributed by atoms with Gasteiger partial charge in [-0.3, -0.25) is 9.59 Å². The molecule has 0 bridgehead atoms. The summed E-state index contributed by atoms with van der Waals surface area (Å²) in [5.41, 5.74) is 1.22. The first-order valence-electron chi connectivity index (χ1n) is 6.63. The number of rotatable bonds is 4. The maximum absolute atomic E-state index is 12.6. The average Bonchev–Trinajstić information content (AvgIpc) is 3.06. The van der Waals surface area contributed by atoms with Crippen LogP contribution < -0.4 is 5.32 Å². The van der Waals surface area contributed by atoms with E-state index in [0.29, 0.717) is 17.0 Å². The molecule has 0 aliphatic heterocycles. The van der Waals surface area contributed by atoms with Crippen molar-refractivity contribution in [1.29, 1.82) is 0 Å². The van der Waals surface area contributed by atoms with Gasteiger partial charge in [0.15, 0.2) is 0 Å². The van der Waals surface area contributed by atoms with Crippen LogP contribution in [0.2, 0.25) is 0 Å². The van der Waals surface area contributed by atoms with Crippen LogP contribution in [0.15, 0.2) is 36.7 Å². The topological polar surface area (TPSA) is 78.1 Å². The van der Waals surface area contributed by atoms with E-state index in [1.165, 1.54) is 4.90 Å². The fourth-order valence-electron chi connectivity index (χ4n) is 2.04. The Kier molecular flexibility index (Phi) is 4.37. The SMILES string of the molecule is CNC(=O)[C@@H](C)N(C)C(=O)c1ccccc1-c1ncc[nH]1. The highest BCUT2D eigenvalue weighted by Crippen LogP contribution is 2.21. The number of likely N-dealkylation sites (N-methyl/N-ethyl adjacent to an activating group) is 2. The summed E-state index contributed by atoms with van der Waals surface area (Å²) in [4.78, 5) is 32.9. The largest absolute Gasteiger partial charge is 0.357 e. The molecule has 0 unspecified atom stereocenters. The van der Waals surface area contributed by atoms with Gasteiger partial charge in [-0.25, -0.2) is 4.98 Å². The van der Waals surface area contributed by atoms with E-state index in [0.717, 1.165) is 0 Å². The van der Waals surface area contributed by atoms with Crippen LogP contribution in [0.25, 0.3) is 11.4 Å². The van der Waals surface area contributed by atoms with E-state index in [1.54, 1.807) is 45.5 Å². The minimum Gasteiger partial charge on any atom is -0.357 e. The number of amides is 2. The first-order chi connectivity index (χ1) is 10.1. The molecular formula is C15H18N4O2. The van der Waals surface area contributed by atoms with Crippen molar-refractivity contribution >= 4 is 11.8 Å². The van der Waals surface area contributed by atoms with E-state index >= 15 is 0 Å². The third kappa shape index (κ3) is 2.94. The monoisotopic (exact) mass is 286 g/mol. The van der Waals surface area contributed by atoms with Gasteiger partial charge in [0.2, 0.25) is 5.91 Å². The highest BCUT2D eigenvalue weighted by Gasteiger charge is 2.24. The van der Waals surface area contributed by atoms with Crippen LogP contribution in [-0.4, -0.2) is 46.8 Å². The van der Waals surface area contributed by atoms with Crippen molar-refractivity contribution in [3.8, 4) is 11.4 Å². The first-order valence-corrected chi connectivity index (χ1v) is 6.63. The molecule has 2 aromatic rings. The van der Waals surface area contributed by atoms with Crippen LogP contribution in [-0.2, 0) is 4.79 Å². The molecule has 0 aliphatic carbocycles. The molecular weight excluding hydrogens is 268 g/mol. The zero-order valence-corrected chi connectivity index (χ0v) is 12.3. The summed E-state index contributed by atoms with van der Waals surface area (Å²) in [6.07, 6.45) is 3.33. The molecule has 2 rings (SSSR count). The molecule has 1 atom stereocenters. The van der Waals surface area contributed by atoms with Gasteiger partial charge < -0.3 is 15.2 Å². The number of H-pyrrole nitrogens is 1. The molecule has 0 saturated carbocycles. The van der Waals surface area contributed by atoms with Gasteiger partial charge in [0, 0.05) is 32.1 Å². The summed E-state index contributed by atoms with van der Waals surface area (Å²) in [7, 11) is 3.16. The van der Waals surface area contributed by atoms with Crippen molar-refractivity contribution in [2.45, 2.75) is 13.0 Å². The number of carbonyl (C=O) groups is 2. The molecule has 110 valence electrons. The maximum atomic E-state index is 12.6. The zero-order chi connectivity index (χ0) is 15.4. The maximum Gasteiger partial charge on any atom is 0.255 e. The summed E-state index contributed by atoms with van der Waals surface area (Å²) in [5.74, 6) is 0.194. The van der Waals surface area contributed by atoms with Crippen LogP contribution in [0, 0.1) is 0 Å². The van der Waals surface area contributed by atoms with Crippen molar-refractivity contribution in [3.05, 3.63) is 42.2 Å². The second kappa shape index (κ2) is 6.21. The number of benzene rings is 1. The van der Waals surface area contributed by atoms with Crippen LogP contribution in [0.4, 0.5) is 0 Å². The zero-order valence-electron chi connectivity index (χ0n) is 12.3. The lowest BCUT2D eigenvalue weighted by atomic mass is 10.1. The molecule has 0 saturated heterocycles. The Hall–Kier alpha value is -2.63. The van der Waals surface area contributed by atoms with Gasteiger partial charge in [0.1, 0.15) is 11.9 Å². The Balaban J connectivity index is 2.34. The van der Waals surface area contributed by atoms with Crippen LogP contribution in [0.1, 0.15) is 17.3 Å². The molecule has 0 aliphatic rings. The fraction of sp³-hybridized carbons (Fsp3) is 0.267. The summed E-state index contributed by atoms with van der Waals surface area (Å²) < 4.78 is 0. The molecule has 1 aromatic carbocycles. The standard InChI is InChI=1S/C15H18N4O2/c1-10(14(20)16-2)19(3)15(21)12-7-5-4-6-11(12)13-17-8-9-18-13/h4-10H,1-3H3,(H,16,20)(H,17,18)/t10-/m1/s1. The molecule has 21 heavy (non-hydrogen) atoms. The smallest absolute Gasteiger partial charge is 0.255 e. The number of nitrogens with one attached hydrogen (secondary N) is 2. The number of hydrogen-bond donors (Lipinski definition) is 2. The summed E-state index contributed by atoms with van der Waals surface area (Å²) in [6.45, 7) is 1.69. The molecule has 0 radical (unpaired) electrons. The fourth-order valence-corrected chi connectivity index (χ4v) is 2.04. The Labute approximate surface area is 123 Å². The van der Waals surface area contributed by atoms with Crippen LogP contribution in [0.3, 0.4) is 0 Å². The molecule has 6 nitrogen and oxygen atoms in total. The number of aromatic nitrogens is 2. The van der Waals surface area contributed by atoms with Crippen molar-refractivity contribution < 1.29 is 9.59 Å². The normalized spacial score (nSPS) is 11.8. The van der Waals surface area contributed by atoms with E-state index in [4.69, 9.17) is 0 Å². The number of aromatic amines is 1. The second-order valence-electron chi connectivity index (χ2n) is 4.69. The Morgan fingerprint density at radius 3 is 2.67 bits per heavy atom. The quantitative estimate of drug-likeness (QED) is 0.889. The predicted molar refractivity (Wildman–Crippen MR) is 79.6 cm³/mol. The lowest BCUT2D eigenvalue weighted by Gasteiger charge is -2.24. The van der Waals surface area contributed by atoms with E-state index in [2.05, 4.69) is 15.3 Å². The molecule has 6 heteroatoms. The number of imidazole rings is 1. The highest BCUT2D eigenvalue weighted by molar-refractivity contribution is 6.02. The molecule has 0 spiro atoms. The third-order valence-electron chi connectivity index (χ3n) is 3.44. The van der Waals surface area contributed by atoms with Gasteiger partial charge in [-0.05, 0) is 13.0 Å². The van der Waals surface area contributed by atoms with Crippen LogP contribution in [0.5, 0.6) is 0 Å². The van der Waals surface area contributed by atoms with Gasteiger partial charge in [0.05, 0.1) is 5.56 Å². The van der Waals surface area contributed by atoms with E-state index in [-0.39, 0.29) is 11.8 Å². The van der Waals surface area contributed by atoms with Gasteiger partial charge in [-0.15, -0.1) is 0 Å². The summed E-state index contributed by atoms with van der Waals surface area (Å²) >= 11 is 0.